The summed E-state index contributed by atoms with van der Waals surface area (Å²) < 4.78 is -0.556. The van der Waals surface area contributed by atoms with Crippen molar-refractivity contribution >= 4 is 31.2 Å². The van der Waals surface area contributed by atoms with E-state index in [-0.39, 0.29) is 11.8 Å². The minimum atomic E-state index is -0.556. The van der Waals surface area contributed by atoms with Crippen molar-refractivity contribution in [1.29, 1.82) is 0 Å². The molecule has 1 amide bonds. The molecule has 0 aromatic rings. The molecular formula is C19H39NOS2. The molecule has 0 aliphatic carbocycles. The average molecular weight is 362 g/mol. The number of unbranched alkanes of at least 4 members (excludes halogenated alkanes) is 10. The molecule has 138 valence electrons. The third-order valence-corrected chi connectivity index (χ3v) is 5.72. The molecular weight excluding hydrogens is 322 g/mol. The molecule has 1 unspecified atom stereocenters. The van der Waals surface area contributed by atoms with Crippen molar-refractivity contribution in [3.05, 3.63) is 0 Å². The molecule has 0 saturated carbocycles. The predicted octanol–water partition coefficient (Wildman–Crippen LogP) is 6.15. The number of rotatable bonds is 16. The standard InChI is InChI=1S/C19H39NOS2/c1-3-5-7-9-11-13-15-17(18(20)21)19(22,23)16-14-12-10-8-6-4-2/h17,22-23H,3-16H2,1-2H3,(H2,20,21). The second-order valence-corrected chi connectivity index (χ2v) is 8.86. The van der Waals surface area contributed by atoms with Gasteiger partial charge in [-0.05, 0) is 12.8 Å². The molecule has 0 saturated heterocycles. The first-order valence-corrected chi connectivity index (χ1v) is 10.6. The Hall–Kier alpha value is 0.170. The first-order chi connectivity index (χ1) is 11.0. The van der Waals surface area contributed by atoms with E-state index in [1.807, 2.05) is 0 Å². The molecule has 0 aliphatic rings. The van der Waals surface area contributed by atoms with Crippen molar-refractivity contribution in [1.82, 2.24) is 0 Å². The van der Waals surface area contributed by atoms with Gasteiger partial charge in [0.25, 0.3) is 0 Å². The number of carbonyl (C=O) groups excluding carboxylic acids is 1. The zero-order chi connectivity index (χ0) is 17.6. The van der Waals surface area contributed by atoms with Crippen LogP contribution >= 0.6 is 25.3 Å². The van der Waals surface area contributed by atoms with Gasteiger partial charge in [-0.15, -0.1) is 0 Å². The number of thiol groups is 2. The Morgan fingerprint density at radius 1 is 0.826 bits per heavy atom. The molecule has 0 radical (unpaired) electrons. The maximum absolute atomic E-state index is 11.8. The molecule has 2 N–H and O–H groups in total. The first-order valence-electron chi connectivity index (χ1n) is 9.69. The average Bonchev–Trinajstić information content (AvgIpc) is 2.49. The topological polar surface area (TPSA) is 43.1 Å². The van der Waals surface area contributed by atoms with Crippen LogP contribution in [0, 0.1) is 5.92 Å². The summed E-state index contributed by atoms with van der Waals surface area (Å²) in [5.41, 5.74) is 5.62. The molecule has 0 aromatic carbocycles. The van der Waals surface area contributed by atoms with Crippen LogP contribution in [0.5, 0.6) is 0 Å². The largest absolute Gasteiger partial charge is 0.369 e. The minimum absolute atomic E-state index is 0.226. The van der Waals surface area contributed by atoms with Crippen LogP contribution in [0.2, 0.25) is 0 Å². The van der Waals surface area contributed by atoms with Crippen molar-refractivity contribution in [2.75, 3.05) is 0 Å². The molecule has 0 spiro atoms. The monoisotopic (exact) mass is 361 g/mol. The molecule has 0 aromatic heterocycles. The second-order valence-electron chi connectivity index (χ2n) is 6.91. The van der Waals surface area contributed by atoms with Crippen molar-refractivity contribution < 1.29 is 4.79 Å². The lowest BCUT2D eigenvalue weighted by atomic mass is 9.92. The van der Waals surface area contributed by atoms with E-state index in [1.54, 1.807) is 0 Å². The Kier molecular flexibility index (Phi) is 14.6. The number of carbonyl (C=O) groups is 1. The second kappa shape index (κ2) is 14.5. The Morgan fingerprint density at radius 2 is 1.26 bits per heavy atom. The van der Waals surface area contributed by atoms with Crippen molar-refractivity contribution in [2.45, 2.75) is 108 Å². The van der Waals surface area contributed by atoms with Gasteiger partial charge >= 0.3 is 0 Å². The van der Waals surface area contributed by atoms with Gasteiger partial charge in [0.1, 0.15) is 0 Å². The van der Waals surface area contributed by atoms with E-state index >= 15 is 0 Å². The van der Waals surface area contributed by atoms with E-state index < -0.39 is 4.08 Å². The summed E-state index contributed by atoms with van der Waals surface area (Å²) >= 11 is 9.37. The van der Waals surface area contributed by atoms with Gasteiger partial charge in [0.15, 0.2) is 0 Å². The fourth-order valence-corrected chi connectivity index (χ4v) is 3.90. The molecule has 4 heteroatoms. The van der Waals surface area contributed by atoms with E-state index in [9.17, 15) is 4.79 Å². The summed E-state index contributed by atoms with van der Waals surface area (Å²) in [6.07, 6.45) is 16.5. The van der Waals surface area contributed by atoms with E-state index in [4.69, 9.17) is 5.73 Å². The number of hydrogen-bond donors (Lipinski definition) is 3. The van der Waals surface area contributed by atoms with Crippen molar-refractivity contribution in [2.24, 2.45) is 11.7 Å². The summed E-state index contributed by atoms with van der Waals surface area (Å²) in [6.45, 7) is 4.45. The van der Waals surface area contributed by atoms with Gasteiger partial charge in [0.2, 0.25) is 5.91 Å². The van der Waals surface area contributed by atoms with E-state index in [0.29, 0.717) is 0 Å². The Bertz CT molecular complexity index is 295. The van der Waals surface area contributed by atoms with E-state index in [1.165, 1.54) is 64.2 Å². The lowest BCUT2D eigenvalue weighted by Crippen LogP contribution is -2.37. The number of nitrogens with two attached hydrogens (primary N) is 1. The maximum atomic E-state index is 11.8. The van der Waals surface area contributed by atoms with E-state index in [2.05, 4.69) is 39.1 Å². The van der Waals surface area contributed by atoms with Crippen LogP contribution in [-0.4, -0.2) is 9.99 Å². The molecule has 1 atom stereocenters. The highest BCUT2D eigenvalue weighted by Gasteiger charge is 2.34. The summed E-state index contributed by atoms with van der Waals surface area (Å²) in [5, 5.41) is 0. The third kappa shape index (κ3) is 12.2. The zero-order valence-corrected chi connectivity index (χ0v) is 17.1. The lowest BCUT2D eigenvalue weighted by molar-refractivity contribution is -0.122. The van der Waals surface area contributed by atoms with Crippen LogP contribution in [0.1, 0.15) is 104 Å². The van der Waals surface area contributed by atoms with Gasteiger partial charge < -0.3 is 5.73 Å². The summed E-state index contributed by atoms with van der Waals surface area (Å²) in [6, 6.07) is 0. The van der Waals surface area contributed by atoms with Gasteiger partial charge in [-0.2, -0.15) is 25.3 Å². The number of primary amides is 1. The summed E-state index contributed by atoms with van der Waals surface area (Å²) in [5.74, 6) is -0.467. The fourth-order valence-electron chi connectivity index (χ4n) is 3.07. The highest BCUT2D eigenvalue weighted by atomic mass is 32.2. The minimum Gasteiger partial charge on any atom is -0.369 e. The number of amides is 1. The summed E-state index contributed by atoms with van der Waals surface area (Å²) in [7, 11) is 0. The summed E-state index contributed by atoms with van der Waals surface area (Å²) in [4.78, 5) is 11.8. The Labute approximate surface area is 155 Å². The molecule has 0 bridgehead atoms. The van der Waals surface area contributed by atoms with Gasteiger partial charge in [-0.25, -0.2) is 0 Å². The fraction of sp³-hybridized carbons (Fsp3) is 0.947. The van der Waals surface area contributed by atoms with Gasteiger partial charge in [0, 0.05) is 0 Å². The zero-order valence-electron chi connectivity index (χ0n) is 15.4. The Morgan fingerprint density at radius 3 is 1.74 bits per heavy atom. The maximum Gasteiger partial charge on any atom is 0.222 e. The predicted molar refractivity (Wildman–Crippen MR) is 109 cm³/mol. The smallest absolute Gasteiger partial charge is 0.222 e. The molecule has 0 rings (SSSR count). The van der Waals surface area contributed by atoms with Crippen molar-refractivity contribution in [3.63, 3.8) is 0 Å². The van der Waals surface area contributed by atoms with Crippen LogP contribution in [0.4, 0.5) is 0 Å². The number of hydrogen-bond acceptors (Lipinski definition) is 3. The Balaban J connectivity index is 4.05. The highest BCUT2D eigenvalue weighted by molar-refractivity contribution is 8.00. The molecule has 0 fully saturated rings. The third-order valence-electron chi connectivity index (χ3n) is 4.65. The van der Waals surface area contributed by atoms with Crippen LogP contribution in [0.15, 0.2) is 0 Å². The van der Waals surface area contributed by atoms with E-state index in [0.717, 1.165) is 25.7 Å². The van der Waals surface area contributed by atoms with Crippen LogP contribution in [-0.2, 0) is 4.79 Å². The van der Waals surface area contributed by atoms with Gasteiger partial charge in [-0.1, -0.05) is 90.9 Å². The highest BCUT2D eigenvalue weighted by Crippen LogP contribution is 2.38. The van der Waals surface area contributed by atoms with Crippen LogP contribution in [0.3, 0.4) is 0 Å². The molecule has 0 aliphatic heterocycles. The lowest BCUT2D eigenvalue weighted by Gasteiger charge is -2.30. The normalized spacial score (nSPS) is 13.2. The molecule has 23 heavy (non-hydrogen) atoms. The van der Waals surface area contributed by atoms with Crippen LogP contribution < -0.4 is 5.73 Å². The van der Waals surface area contributed by atoms with Crippen LogP contribution in [0.25, 0.3) is 0 Å². The quantitative estimate of drug-likeness (QED) is 0.172. The van der Waals surface area contributed by atoms with Gasteiger partial charge in [-0.3, -0.25) is 4.79 Å². The molecule has 2 nitrogen and oxygen atoms in total. The molecule has 0 heterocycles. The SMILES string of the molecule is CCCCCCCCC(C(N)=O)C(S)(S)CCCCCCCC. The van der Waals surface area contributed by atoms with Gasteiger partial charge in [0.05, 0.1) is 10.00 Å². The van der Waals surface area contributed by atoms with Crippen molar-refractivity contribution in [3.8, 4) is 0 Å². The first kappa shape index (κ1) is 23.2.